The zero-order valence-electron chi connectivity index (χ0n) is 25.2. The summed E-state index contributed by atoms with van der Waals surface area (Å²) < 4.78 is 18.6. The van der Waals surface area contributed by atoms with E-state index in [1.165, 1.54) is 21.4 Å². The quantitative estimate of drug-likeness (QED) is 0.264. The van der Waals surface area contributed by atoms with E-state index < -0.39 is 11.2 Å². The SMILES string of the molecule is CC(=O)N1CCN(c2cc3c(cc2F)c(=O)c(C(=O)N2CCN(Cc4ccc(-c5cccc(Br)c5)s4)CC2)cn3C2CC2)CC1. The largest absolute Gasteiger partial charge is 0.366 e. The number of fused-ring (bicyclic) bond motifs is 1. The van der Waals surface area contributed by atoms with Crippen molar-refractivity contribution in [1.82, 2.24) is 19.3 Å². The molecule has 2 aromatic carbocycles. The maximum absolute atomic E-state index is 15.5. The van der Waals surface area contributed by atoms with Crippen molar-refractivity contribution in [2.24, 2.45) is 0 Å². The summed E-state index contributed by atoms with van der Waals surface area (Å²) in [4.78, 5) is 49.5. The Kier molecular flexibility index (Phi) is 8.26. The number of aromatic nitrogens is 1. The van der Waals surface area contributed by atoms with E-state index in [1.54, 1.807) is 40.3 Å². The minimum Gasteiger partial charge on any atom is -0.366 e. The van der Waals surface area contributed by atoms with Crippen LogP contribution in [0, 0.1) is 5.82 Å². The first-order valence-corrected chi connectivity index (χ1v) is 17.1. The number of nitrogens with zero attached hydrogens (tertiary/aromatic N) is 5. The molecule has 0 spiro atoms. The number of carbonyl (C=O) groups is 2. The summed E-state index contributed by atoms with van der Waals surface area (Å²) in [6, 6.07) is 15.9. The van der Waals surface area contributed by atoms with Crippen LogP contribution in [0.15, 0.2) is 64.0 Å². The fourth-order valence-electron chi connectivity index (χ4n) is 6.43. The summed E-state index contributed by atoms with van der Waals surface area (Å²) in [6.45, 7) is 6.97. The number of thiophene rings is 1. The summed E-state index contributed by atoms with van der Waals surface area (Å²) in [5, 5.41) is 0.244. The zero-order valence-corrected chi connectivity index (χ0v) is 27.6. The van der Waals surface area contributed by atoms with Gasteiger partial charge in [0.15, 0.2) is 0 Å². The van der Waals surface area contributed by atoms with E-state index in [0.717, 1.165) is 36.9 Å². The van der Waals surface area contributed by atoms with Gasteiger partial charge in [-0.3, -0.25) is 19.3 Å². The predicted octanol–water partition coefficient (Wildman–Crippen LogP) is 5.59. The summed E-state index contributed by atoms with van der Waals surface area (Å²) in [7, 11) is 0. The Balaban J connectivity index is 1.07. The molecule has 0 radical (unpaired) electrons. The molecule has 1 aliphatic carbocycles. The van der Waals surface area contributed by atoms with E-state index in [2.05, 4.69) is 45.1 Å². The molecule has 4 aromatic rings. The third-order valence-electron chi connectivity index (χ3n) is 9.15. The second-order valence-corrected chi connectivity index (χ2v) is 14.3. The van der Waals surface area contributed by atoms with Crippen molar-refractivity contribution in [2.45, 2.75) is 32.4 Å². The normalized spacial score (nSPS) is 17.7. The van der Waals surface area contributed by atoms with E-state index in [1.807, 2.05) is 21.6 Å². The number of rotatable bonds is 6. The lowest BCUT2D eigenvalue weighted by Crippen LogP contribution is -2.49. The summed E-state index contributed by atoms with van der Waals surface area (Å²) >= 11 is 5.33. The van der Waals surface area contributed by atoms with Crippen LogP contribution in [0.3, 0.4) is 0 Å². The molecule has 0 unspecified atom stereocenters. The summed E-state index contributed by atoms with van der Waals surface area (Å²) in [5.41, 5.74) is 1.98. The Bertz CT molecular complexity index is 1840. The lowest BCUT2D eigenvalue weighted by atomic mass is 10.1. The highest BCUT2D eigenvalue weighted by Crippen LogP contribution is 2.38. The molecule has 3 aliphatic rings. The molecular formula is C34H35BrFN5O3S. The van der Waals surface area contributed by atoms with Crippen LogP contribution in [0.2, 0.25) is 0 Å². The Morgan fingerprint density at radius 1 is 0.933 bits per heavy atom. The van der Waals surface area contributed by atoms with Crippen molar-refractivity contribution in [2.75, 3.05) is 57.3 Å². The second kappa shape index (κ2) is 12.3. The van der Waals surface area contributed by atoms with Crippen molar-refractivity contribution in [3.63, 3.8) is 0 Å². The summed E-state index contributed by atoms with van der Waals surface area (Å²) in [6.07, 6.45) is 3.63. The smallest absolute Gasteiger partial charge is 0.259 e. The molecule has 2 aliphatic heterocycles. The Hall–Kier alpha value is -3.54. The fraction of sp³-hybridized carbons (Fsp3) is 0.382. The maximum Gasteiger partial charge on any atom is 0.259 e. The van der Waals surface area contributed by atoms with E-state index in [-0.39, 0.29) is 28.8 Å². The molecule has 2 amide bonds. The minimum atomic E-state index is -0.479. The molecule has 2 saturated heterocycles. The molecule has 4 heterocycles. The van der Waals surface area contributed by atoms with Gasteiger partial charge in [0.05, 0.1) is 11.2 Å². The fourth-order valence-corrected chi connectivity index (χ4v) is 7.88. The summed E-state index contributed by atoms with van der Waals surface area (Å²) in [5.74, 6) is -0.745. The zero-order chi connectivity index (χ0) is 31.2. The van der Waals surface area contributed by atoms with Gasteiger partial charge in [0.25, 0.3) is 5.91 Å². The standard InChI is InChI=1S/C34H35BrFN5O3S/c1-22(42)38-13-15-39(16-14-38)31-19-30-27(18-29(31)36)33(43)28(21-41(30)25-5-6-25)34(44)40-11-9-37(10-12-40)20-26-7-8-32(45-26)23-3-2-4-24(35)17-23/h2-4,7-8,17-19,21,25H,5-6,9-16,20H2,1H3. The van der Waals surface area contributed by atoms with E-state index in [4.69, 9.17) is 0 Å². The van der Waals surface area contributed by atoms with Gasteiger partial charge in [-0.05, 0) is 54.8 Å². The highest BCUT2D eigenvalue weighted by molar-refractivity contribution is 9.10. The topological polar surface area (TPSA) is 69.1 Å². The van der Waals surface area contributed by atoms with Crippen molar-refractivity contribution >= 4 is 55.7 Å². The second-order valence-electron chi connectivity index (χ2n) is 12.2. The predicted molar refractivity (Wildman–Crippen MR) is 180 cm³/mol. The average Bonchev–Trinajstić information content (AvgIpc) is 3.78. The minimum absolute atomic E-state index is 0.0170. The van der Waals surface area contributed by atoms with Gasteiger partial charge in [0, 0.05) is 97.7 Å². The van der Waals surface area contributed by atoms with Crippen LogP contribution in [-0.4, -0.2) is 83.4 Å². The van der Waals surface area contributed by atoms with Crippen LogP contribution >= 0.6 is 27.3 Å². The molecule has 2 aromatic heterocycles. The van der Waals surface area contributed by atoms with Crippen LogP contribution in [0.1, 0.15) is 41.0 Å². The number of carbonyl (C=O) groups excluding carboxylic acids is 2. The first-order chi connectivity index (χ1) is 21.7. The Morgan fingerprint density at radius 3 is 2.36 bits per heavy atom. The van der Waals surface area contributed by atoms with Gasteiger partial charge in [-0.1, -0.05) is 28.1 Å². The maximum atomic E-state index is 15.5. The number of amides is 2. The molecule has 0 atom stereocenters. The van der Waals surface area contributed by atoms with Crippen LogP contribution in [-0.2, 0) is 11.3 Å². The highest BCUT2D eigenvalue weighted by Gasteiger charge is 2.31. The first kappa shape index (κ1) is 30.1. The Morgan fingerprint density at radius 2 is 1.67 bits per heavy atom. The molecule has 0 bridgehead atoms. The van der Waals surface area contributed by atoms with Gasteiger partial charge in [-0.25, -0.2) is 4.39 Å². The number of hydrogen-bond acceptors (Lipinski definition) is 6. The van der Waals surface area contributed by atoms with Gasteiger partial charge in [-0.2, -0.15) is 0 Å². The third kappa shape index (κ3) is 6.17. The molecule has 7 rings (SSSR count). The molecular weight excluding hydrogens is 657 g/mol. The molecule has 11 heteroatoms. The van der Waals surface area contributed by atoms with Crippen molar-refractivity contribution in [3.8, 4) is 10.4 Å². The molecule has 3 fully saturated rings. The Labute approximate surface area is 273 Å². The number of halogens is 2. The number of piperazine rings is 2. The van der Waals surface area contributed by atoms with Gasteiger partial charge >= 0.3 is 0 Å². The molecule has 8 nitrogen and oxygen atoms in total. The number of pyridine rings is 1. The van der Waals surface area contributed by atoms with Gasteiger partial charge in [-0.15, -0.1) is 11.3 Å². The van der Waals surface area contributed by atoms with Gasteiger partial charge in [0.1, 0.15) is 11.4 Å². The van der Waals surface area contributed by atoms with Gasteiger partial charge in [0.2, 0.25) is 11.3 Å². The number of anilines is 1. The lowest BCUT2D eigenvalue weighted by molar-refractivity contribution is -0.129. The van der Waals surface area contributed by atoms with Crippen LogP contribution in [0.4, 0.5) is 10.1 Å². The molecule has 45 heavy (non-hydrogen) atoms. The molecule has 234 valence electrons. The third-order valence-corrected chi connectivity index (χ3v) is 10.8. The molecule has 0 N–H and O–H groups in total. The number of hydrogen-bond donors (Lipinski definition) is 0. The number of benzene rings is 2. The van der Waals surface area contributed by atoms with E-state index >= 15 is 4.39 Å². The molecule has 1 saturated carbocycles. The van der Waals surface area contributed by atoms with Crippen molar-refractivity contribution in [1.29, 1.82) is 0 Å². The van der Waals surface area contributed by atoms with Crippen molar-refractivity contribution in [3.05, 3.63) is 85.7 Å². The van der Waals surface area contributed by atoms with Crippen molar-refractivity contribution < 1.29 is 14.0 Å². The first-order valence-electron chi connectivity index (χ1n) is 15.5. The highest BCUT2D eigenvalue weighted by atomic mass is 79.9. The van der Waals surface area contributed by atoms with Gasteiger partial charge < -0.3 is 19.3 Å². The van der Waals surface area contributed by atoms with Crippen LogP contribution in [0.25, 0.3) is 21.3 Å². The lowest BCUT2D eigenvalue weighted by Gasteiger charge is -2.36. The van der Waals surface area contributed by atoms with E-state index in [0.29, 0.717) is 50.5 Å². The van der Waals surface area contributed by atoms with E-state index in [9.17, 15) is 14.4 Å². The van der Waals surface area contributed by atoms with Crippen LogP contribution < -0.4 is 10.3 Å². The monoisotopic (exact) mass is 691 g/mol. The van der Waals surface area contributed by atoms with Crippen LogP contribution in [0.5, 0.6) is 0 Å². The average molecular weight is 693 g/mol.